The Kier molecular flexibility index (Phi) is 5.33. The predicted molar refractivity (Wildman–Crippen MR) is 85.3 cm³/mol. The van der Waals surface area contributed by atoms with Crippen LogP contribution in [0.1, 0.15) is 40.0 Å². The maximum Gasteiger partial charge on any atom is 0.278 e. The Bertz CT molecular complexity index is 624. The van der Waals surface area contributed by atoms with Gasteiger partial charge in [0.2, 0.25) is 0 Å². The Morgan fingerprint density at radius 3 is 3.19 bits per heavy atom. The SMILES string of the molecule is CCCc1cnc(NC(=O)c2n[nH]c3c2CNCC3)s1.Cl. The summed E-state index contributed by atoms with van der Waals surface area (Å²) < 4.78 is 0. The highest BCUT2D eigenvalue weighted by atomic mass is 35.5. The lowest BCUT2D eigenvalue weighted by atomic mass is 10.1. The number of amides is 1. The van der Waals surface area contributed by atoms with Crippen LogP contribution < -0.4 is 10.6 Å². The second kappa shape index (κ2) is 7.02. The van der Waals surface area contributed by atoms with Crippen molar-refractivity contribution in [2.75, 3.05) is 11.9 Å². The largest absolute Gasteiger partial charge is 0.312 e. The molecule has 3 rings (SSSR count). The van der Waals surface area contributed by atoms with E-state index in [0.29, 0.717) is 17.4 Å². The van der Waals surface area contributed by atoms with Gasteiger partial charge in [-0.25, -0.2) is 4.98 Å². The Balaban J connectivity index is 0.00000161. The molecule has 1 aliphatic heterocycles. The number of H-pyrrole nitrogens is 1. The zero-order valence-corrected chi connectivity index (χ0v) is 13.4. The van der Waals surface area contributed by atoms with E-state index in [1.807, 2.05) is 6.20 Å². The van der Waals surface area contributed by atoms with Gasteiger partial charge in [-0.15, -0.1) is 23.7 Å². The number of aromatic nitrogens is 3. The summed E-state index contributed by atoms with van der Waals surface area (Å²) in [4.78, 5) is 17.7. The first kappa shape index (κ1) is 15.9. The molecule has 0 fully saturated rings. The molecule has 21 heavy (non-hydrogen) atoms. The molecule has 0 aliphatic carbocycles. The molecule has 1 amide bonds. The van der Waals surface area contributed by atoms with E-state index < -0.39 is 0 Å². The third-order valence-corrected chi connectivity index (χ3v) is 4.26. The second-order valence-corrected chi connectivity index (χ2v) is 5.91. The van der Waals surface area contributed by atoms with Crippen LogP contribution in [0.15, 0.2) is 6.20 Å². The average Bonchev–Trinajstić information content (AvgIpc) is 3.06. The number of aryl methyl sites for hydroxylation is 1. The lowest BCUT2D eigenvalue weighted by Gasteiger charge is -2.12. The van der Waals surface area contributed by atoms with E-state index in [4.69, 9.17) is 0 Å². The first-order valence-corrected chi connectivity index (χ1v) is 7.62. The number of fused-ring (bicyclic) bond motifs is 1. The van der Waals surface area contributed by atoms with Crippen LogP contribution in [0.4, 0.5) is 5.13 Å². The topological polar surface area (TPSA) is 82.7 Å². The average molecular weight is 328 g/mol. The van der Waals surface area contributed by atoms with Crippen molar-refractivity contribution >= 4 is 34.8 Å². The highest BCUT2D eigenvalue weighted by Gasteiger charge is 2.22. The molecule has 3 N–H and O–H groups in total. The highest BCUT2D eigenvalue weighted by molar-refractivity contribution is 7.15. The summed E-state index contributed by atoms with van der Waals surface area (Å²) in [6.07, 6.45) is 4.78. The van der Waals surface area contributed by atoms with Crippen LogP contribution in [0.25, 0.3) is 0 Å². The van der Waals surface area contributed by atoms with Gasteiger partial charge in [0.1, 0.15) is 0 Å². The van der Waals surface area contributed by atoms with Gasteiger partial charge in [0, 0.05) is 41.8 Å². The van der Waals surface area contributed by atoms with Crippen LogP contribution >= 0.6 is 23.7 Å². The first-order chi connectivity index (χ1) is 9.78. The second-order valence-electron chi connectivity index (χ2n) is 4.79. The Morgan fingerprint density at radius 2 is 2.38 bits per heavy atom. The molecule has 8 heteroatoms. The zero-order chi connectivity index (χ0) is 13.9. The maximum atomic E-state index is 12.3. The zero-order valence-electron chi connectivity index (χ0n) is 11.7. The quantitative estimate of drug-likeness (QED) is 0.803. The molecule has 2 aromatic rings. The van der Waals surface area contributed by atoms with E-state index in [9.17, 15) is 4.79 Å². The van der Waals surface area contributed by atoms with Gasteiger partial charge in [-0.2, -0.15) is 5.10 Å². The number of halogens is 1. The summed E-state index contributed by atoms with van der Waals surface area (Å²) in [6, 6.07) is 0. The molecule has 0 radical (unpaired) electrons. The molecular formula is C13H18ClN5OS. The molecule has 3 heterocycles. The third kappa shape index (κ3) is 3.42. The minimum Gasteiger partial charge on any atom is -0.312 e. The fourth-order valence-corrected chi connectivity index (χ4v) is 3.21. The Morgan fingerprint density at radius 1 is 1.52 bits per heavy atom. The smallest absolute Gasteiger partial charge is 0.278 e. The van der Waals surface area contributed by atoms with Crippen LogP contribution in [0, 0.1) is 0 Å². The molecule has 0 spiro atoms. The molecular weight excluding hydrogens is 310 g/mol. The number of thiazole rings is 1. The summed E-state index contributed by atoms with van der Waals surface area (Å²) in [6.45, 7) is 3.73. The van der Waals surface area contributed by atoms with E-state index >= 15 is 0 Å². The van der Waals surface area contributed by atoms with Crippen molar-refractivity contribution in [2.45, 2.75) is 32.7 Å². The van der Waals surface area contributed by atoms with Gasteiger partial charge in [0.25, 0.3) is 5.91 Å². The standard InChI is InChI=1S/C13H17N5OS.ClH/c1-2-3-8-6-15-13(20-8)16-12(19)11-9-7-14-5-4-10(9)17-18-11;/h6,14H,2-5,7H2,1H3,(H,17,18)(H,15,16,19);1H. The van der Waals surface area contributed by atoms with E-state index in [2.05, 4.69) is 32.7 Å². The number of carbonyl (C=O) groups excluding carboxylic acids is 1. The summed E-state index contributed by atoms with van der Waals surface area (Å²) in [7, 11) is 0. The van der Waals surface area contributed by atoms with Crippen LogP contribution in [0.5, 0.6) is 0 Å². The number of nitrogens with zero attached hydrogens (tertiary/aromatic N) is 2. The van der Waals surface area contributed by atoms with Crippen molar-refractivity contribution in [3.05, 3.63) is 28.0 Å². The number of hydrogen-bond acceptors (Lipinski definition) is 5. The fraction of sp³-hybridized carbons (Fsp3) is 0.462. The fourth-order valence-electron chi connectivity index (χ4n) is 2.30. The Labute approximate surface area is 133 Å². The number of rotatable bonds is 4. The minimum atomic E-state index is -0.191. The van der Waals surface area contributed by atoms with E-state index in [-0.39, 0.29) is 18.3 Å². The number of aromatic amines is 1. The van der Waals surface area contributed by atoms with Gasteiger partial charge < -0.3 is 5.32 Å². The molecule has 6 nitrogen and oxygen atoms in total. The Hall–Kier alpha value is -1.44. The minimum absolute atomic E-state index is 0. The summed E-state index contributed by atoms with van der Waals surface area (Å²) in [5, 5.41) is 13.8. The maximum absolute atomic E-state index is 12.3. The van der Waals surface area contributed by atoms with Gasteiger partial charge in [-0.05, 0) is 6.42 Å². The first-order valence-electron chi connectivity index (χ1n) is 6.80. The van der Waals surface area contributed by atoms with Gasteiger partial charge in [-0.3, -0.25) is 15.2 Å². The van der Waals surface area contributed by atoms with E-state index in [0.717, 1.165) is 37.1 Å². The molecule has 0 saturated carbocycles. The summed E-state index contributed by atoms with van der Waals surface area (Å²) in [5.74, 6) is -0.191. The number of nitrogens with one attached hydrogen (secondary N) is 3. The van der Waals surface area contributed by atoms with E-state index in [1.54, 1.807) is 0 Å². The molecule has 0 aromatic carbocycles. The summed E-state index contributed by atoms with van der Waals surface area (Å²) >= 11 is 1.52. The normalized spacial score (nSPS) is 13.4. The van der Waals surface area contributed by atoms with Crippen molar-refractivity contribution in [3.63, 3.8) is 0 Å². The number of hydrogen-bond donors (Lipinski definition) is 3. The van der Waals surface area contributed by atoms with Gasteiger partial charge in [-0.1, -0.05) is 13.3 Å². The molecule has 0 bridgehead atoms. The summed E-state index contributed by atoms with van der Waals surface area (Å²) in [5.41, 5.74) is 2.50. The highest BCUT2D eigenvalue weighted by Crippen LogP contribution is 2.21. The van der Waals surface area contributed by atoms with Crippen molar-refractivity contribution < 1.29 is 4.79 Å². The van der Waals surface area contributed by atoms with Gasteiger partial charge in [0.15, 0.2) is 10.8 Å². The number of carbonyl (C=O) groups is 1. The monoisotopic (exact) mass is 327 g/mol. The molecule has 1 aliphatic rings. The lowest BCUT2D eigenvalue weighted by Crippen LogP contribution is -2.25. The predicted octanol–water partition coefficient (Wildman–Crippen LogP) is 2.14. The van der Waals surface area contributed by atoms with Gasteiger partial charge in [0.05, 0.1) is 0 Å². The molecule has 2 aromatic heterocycles. The molecule has 0 unspecified atom stereocenters. The van der Waals surface area contributed by atoms with Gasteiger partial charge >= 0.3 is 0 Å². The van der Waals surface area contributed by atoms with Crippen molar-refractivity contribution in [2.24, 2.45) is 0 Å². The van der Waals surface area contributed by atoms with Crippen LogP contribution in [-0.4, -0.2) is 27.6 Å². The molecule has 0 saturated heterocycles. The van der Waals surface area contributed by atoms with Crippen molar-refractivity contribution in [1.82, 2.24) is 20.5 Å². The van der Waals surface area contributed by atoms with Crippen LogP contribution in [0.3, 0.4) is 0 Å². The van der Waals surface area contributed by atoms with Crippen LogP contribution in [-0.2, 0) is 19.4 Å². The van der Waals surface area contributed by atoms with Crippen molar-refractivity contribution in [3.8, 4) is 0 Å². The molecule has 114 valence electrons. The number of anilines is 1. The lowest BCUT2D eigenvalue weighted by molar-refractivity contribution is 0.102. The van der Waals surface area contributed by atoms with Crippen LogP contribution in [0.2, 0.25) is 0 Å². The molecule has 0 atom stereocenters. The van der Waals surface area contributed by atoms with Crippen molar-refractivity contribution in [1.29, 1.82) is 0 Å². The third-order valence-electron chi connectivity index (χ3n) is 3.29. The van der Waals surface area contributed by atoms with E-state index in [1.165, 1.54) is 16.2 Å².